The molecule has 3 nitrogen and oxygen atoms in total. The number of rotatable bonds is 3. The first-order chi connectivity index (χ1) is 10.7. The fourth-order valence-corrected chi connectivity index (χ4v) is 4.10. The van der Waals surface area contributed by atoms with Crippen LogP contribution in [0, 0.1) is 5.92 Å². The summed E-state index contributed by atoms with van der Waals surface area (Å²) in [6.45, 7) is 0. The molecule has 5 heteroatoms. The average molecular weight is 336 g/mol. The number of ether oxygens (including phenoxy) is 1. The fourth-order valence-electron chi connectivity index (χ4n) is 2.97. The second-order valence-corrected chi connectivity index (χ2v) is 6.98. The molecule has 0 unspecified atom stereocenters. The van der Waals surface area contributed by atoms with Crippen LogP contribution in [0.4, 0.5) is 0 Å². The molecule has 22 heavy (non-hydrogen) atoms. The smallest absolute Gasteiger partial charge is 0.308 e. The molecule has 3 rings (SSSR count). The van der Waals surface area contributed by atoms with Crippen LogP contribution in [-0.2, 0) is 9.53 Å². The van der Waals surface area contributed by atoms with Gasteiger partial charge in [0.05, 0.1) is 23.7 Å². The highest BCUT2D eigenvalue weighted by molar-refractivity contribution is 7.10. The highest BCUT2D eigenvalue weighted by Crippen LogP contribution is 2.38. The SMILES string of the molecule is COC(=O)[C@H]1CC[C@H](c2nc(-c3ccc(Cl)cc3)cs2)CC1. The number of halogens is 1. The van der Waals surface area contributed by atoms with Crippen molar-refractivity contribution >= 4 is 28.9 Å². The van der Waals surface area contributed by atoms with Crippen molar-refractivity contribution in [3.8, 4) is 11.3 Å². The van der Waals surface area contributed by atoms with Crippen LogP contribution in [0.3, 0.4) is 0 Å². The number of aromatic nitrogens is 1. The molecule has 1 aromatic carbocycles. The number of nitrogens with zero attached hydrogens (tertiary/aromatic N) is 1. The third-order valence-corrected chi connectivity index (χ3v) is 5.53. The Kier molecular flexibility index (Phi) is 4.79. The molecular weight excluding hydrogens is 318 g/mol. The van der Waals surface area contributed by atoms with E-state index >= 15 is 0 Å². The Morgan fingerprint density at radius 2 is 1.91 bits per heavy atom. The predicted octanol–water partition coefficient (Wildman–Crippen LogP) is 4.91. The number of hydrogen-bond acceptors (Lipinski definition) is 4. The third-order valence-electron chi connectivity index (χ3n) is 4.27. The van der Waals surface area contributed by atoms with Crippen LogP contribution in [-0.4, -0.2) is 18.1 Å². The minimum absolute atomic E-state index is 0.0666. The summed E-state index contributed by atoms with van der Waals surface area (Å²) in [5.41, 5.74) is 2.10. The first-order valence-electron chi connectivity index (χ1n) is 7.46. The van der Waals surface area contributed by atoms with Crippen LogP contribution in [0.25, 0.3) is 11.3 Å². The molecule has 1 aliphatic carbocycles. The van der Waals surface area contributed by atoms with E-state index in [4.69, 9.17) is 21.3 Å². The molecule has 0 N–H and O–H groups in total. The Balaban J connectivity index is 1.67. The normalized spacial score (nSPS) is 21.5. The van der Waals surface area contributed by atoms with Gasteiger partial charge in [0.25, 0.3) is 0 Å². The first-order valence-corrected chi connectivity index (χ1v) is 8.72. The van der Waals surface area contributed by atoms with Gasteiger partial charge in [0.1, 0.15) is 0 Å². The maximum atomic E-state index is 11.6. The quantitative estimate of drug-likeness (QED) is 0.748. The molecule has 0 spiro atoms. The topological polar surface area (TPSA) is 39.2 Å². The van der Waals surface area contributed by atoms with Gasteiger partial charge < -0.3 is 4.74 Å². The molecule has 2 aromatic rings. The molecule has 0 saturated heterocycles. The van der Waals surface area contributed by atoms with Crippen LogP contribution in [0.5, 0.6) is 0 Å². The second-order valence-electron chi connectivity index (χ2n) is 5.65. The van der Waals surface area contributed by atoms with E-state index in [1.807, 2.05) is 24.3 Å². The van der Waals surface area contributed by atoms with Gasteiger partial charge in [-0.25, -0.2) is 4.98 Å². The van der Waals surface area contributed by atoms with Crippen molar-refractivity contribution in [2.24, 2.45) is 5.92 Å². The van der Waals surface area contributed by atoms with Crippen LogP contribution >= 0.6 is 22.9 Å². The number of benzene rings is 1. The zero-order chi connectivity index (χ0) is 15.5. The van der Waals surface area contributed by atoms with Gasteiger partial charge >= 0.3 is 5.97 Å². The monoisotopic (exact) mass is 335 g/mol. The summed E-state index contributed by atoms with van der Waals surface area (Å²) >= 11 is 7.63. The molecule has 1 fully saturated rings. The Labute approximate surface area is 139 Å². The second kappa shape index (κ2) is 6.80. The van der Waals surface area contributed by atoms with Gasteiger partial charge in [-0.3, -0.25) is 4.79 Å². The summed E-state index contributed by atoms with van der Waals surface area (Å²) in [6, 6.07) is 7.76. The van der Waals surface area contributed by atoms with Crippen LogP contribution in [0.1, 0.15) is 36.6 Å². The zero-order valence-electron chi connectivity index (χ0n) is 12.4. The Bertz CT molecular complexity index is 645. The van der Waals surface area contributed by atoms with Crippen molar-refractivity contribution in [3.05, 3.63) is 39.7 Å². The lowest BCUT2D eigenvalue weighted by Gasteiger charge is -2.25. The molecule has 0 bridgehead atoms. The number of thiazole rings is 1. The molecular formula is C17H18ClNO2S. The lowest BCUT2D eigenvalue weighted by atomic mass is 9.82. The van der Waals surface area contributed by atoms with Gasteiger partial charge in [-0.1, -0.05) is 23.7 Å². The van der Waals surface area contributed by atoms with Crippen molar-refractivity contribution in [1.82, 2.24) is 4.98 Å². The summed E-state index contributed by atoms with van der Waals surface area (Å²) < 4.78 is 4.84. The number of hydrogen-bond donors (Lipinski definition) is 0. The summed E-state index contributed by atoms with van der Waals surface area (Å²) in [6.07, 6.45) is 3.81. The van der Waals surface area contributed by atoms with Crippen LogP contribution < -0.4 is 0 Å². The molecule has 0 radical (unpaired) electrons. The van der Waals surface area contributed by atoms with Crippen molar-refractivity contribution in [1.29, 1.82) is 0 Å². The summed E-state index contributed by atoms with van der Waals surface area (Å²) in [5.74, 6) is 0.461. The van der Waals surface area contributed by atoms with Gasteiger partial charge in [0.2, 0.25) is 0 Å². The lowest BCUT2D eigenvalue weighted by Crippen LogP contribution is -2.22. The molecule has 1 aliphatic rings. The molecule has 0 aliphatic heterocycles. The minimum Gasteiger partial charge on any atom is -0.469 e. The molecule has 1 aromatic heterocycles. The standard InChI is InChI=1S/C17H18ClNO2S/c1-21-17(20)13-4-2-12(3-5-13)16-19-15(10-22-16)11-6-8-14(18)9-7-11/h6-10,12-13H,2-5H2,1H3/t12-,13-. The van der Waals surface area contributed by atoms with Crippen LogP contribution in [0.15, 0.2) is 29.6 Å². The summed E-state index contributed by atoms with van der Waals surface area (Å²) in [4.78, 5) is 16.4. The van der Waals surface area contributed by atoms with E-state index in [9.17, 15) is 4.79 Å². The summed E-state index contributed by atoms with van der Waals surface area (Å²) in [5, 5.41) is 4.01. The maximum absolute atomic E-state index is 11.6. The number of methoxy groups -OCH3 is 1. The molecule has 116 valence electrons. The van der Waals surface area contributed by atoms with Crippen molar-refractivity contribution in [2.75, 3.05) is 7.11 Å². The Morgan fingerprint density at radius 3 is 2.55 bits per heavy atom. The van der Waals surface area contributed by atoms with Gasteiger partial charge in [0.15, 0.2) is 0 Å². The lowest BCUT2D eigenvalue weighted by molar-refractivity contribution is -0.146. The van der Waals surface area contributed by atoms with Gasteiger partial charge in [-0.15, -0.1) is 11.3 Å². The highest BCUT2D eigenvalue weighted by atomic mass is 35.5. The van der Waals surface area contributed by atoms with Crippen molar-refractivity contribution in [3.63, 3.8) is 0 Å². The molecule has 0 atom stereocenters. The minimum atomic E-state index is -0.0700. The van der Waals surface area contributed by atoms with Gasteiger partial charge in [0, 0.05) is 21.9 Å². The number of carbonyl (C=O) groups excluding carboxylic acids is 1. The fraction of sp³-hybridized carbons (Fsp3) is 0.412. The number of carbonyl (C=O) groups is 1. The maximum Gasteiger partial charge on any atom is 0.308 e. The number of esters is 1. The highest BCUT2D eigenvalue weighted by Gasteiger charge is 2.29. The van der Waals surface area contributed by atoms with E-state index in [1.165, 1.54) is 12.1 Å². The van der Waals surface area contributed by atoms with E-state index in [0.29, 0.717) is 5.92 Å². The van der Waals surface area contributed by atoms with E-state index in [2.05, 4.69) is 5.38 Å². The predicted molar refractivity (Wildman–Crippen MR) is 89.3 cm³/mol. The van der Waals surface area contributed by atoms with E-state index in [-0.39, 0.29) is 11.9 Å². The van der Waals surface area contributed by atoms with E-state index in [0.717, 1.165) is 42.0 Å². The average Bonchev–Trinajstić information content (AvgIpc) is 3.05. The first kappa shape index (κ1) is 15.5. The van der Waals surface area contributed by atoms with E-state index < -0.39 is 0 Å². The Morgan fingerprint density at radius 1 is 1.23 bits per heavy atom. The van der Waals surface area contributed by atoms with Crippen LogP contribution in [0.2, 0.25) is 5.02 Å². The third kappa shape index (κ3) is 3.33. The van der Waals surface area contributed by atoms with Gasteiger partial charge in [-0.2, -0.15) is 0 Å². The molecule has 1 heterocycles. The van der Waals surface area contributed by atoms with Gasteiger partial charge in [-0.05, 0) is 37.8 Å². The summed E-state index contributed by atoms with van der Waals surface area (Å²) in [7, 11) is 1.47. The van der Waals surface area contributed by atoms with E-state index in [1.54, 1.807) is 11.3 Å². The molecule has 1 saturated carbocycles. The van der Waals surface area contributed by atoms with Crippen molar-refractivity contribution < 1.29 is 9.53 Å². The largest absolute Gasteiger partial charge is 0.469 e. The van der Waals surface area contributed by atoms with Crippen molar-refractivity contribution in [2.45, 2.75) is 31.6 Å². The molecule has 0 amide bonds. The Hall–Kier alpha value is -1.39. The zero-order valence-corrected chi connectivity index (χ0v) is 14.0.